The molecule has 0 unspecified atom stereocenters. The van der Waals surface area contributed by atoms with Crippen molar-refractivity contribution in [2.24, 2.45) is 0 Å². The second-order valence-electron chi connectivity index (χ2n) is 4.14. The molecule has 1 aromatic carbocycles. The zero-order chi connectivity index (χ0) is 15.1. The third-order valence-corrected chi connectivity index (χ3v) is 2.58. The minimum atomic E-state index is -0.856. The molecular weight excluding hydrogens is 334 g/mol. The smallest absolute Gasteiger partial charge is 0.319 e. The summed E-state index contributed by atoms with van der Waals surface area (Å²) in [5.41, 5.74) is 0.377. The molecule has 7 heteroatoms. The third-order valence-electron chi connectivity index (χ3n) is 2.13. The quantitative estimate of drug-likeness (QED) is 0.611. The van der Waals surface area contributed by atoms with Crippen LogP contribution in [0.4, 0.5) is 19.3 Å². The highest BCUT2D eigenvalue weighted by atomic mass is 79.9. The molecule has 0 atom stereocenters. The predicted molar refractivity (Wildman–Crippen MR) is 76.7 cm³/mol. The highest BCUT2D eigenvalue weighted by Crippen LogP contribution is 2.23. The predicted octanol–water partition coefficient (Wildman–Crippen LogP) is 3.44. The summed E-state index contributed by atoms with van der Waals surface area (Å²) in [6.45, 7) is 6.38. The van der Waals surface area contributed by atoms with Crippen molar-refractivity contribution in [3.05, 3.63) is 40.4 Å². The van der Waals surface area contributed by atoms with Gasteiger partial charge in [-0.2, -0.15) is 0 Å². The molecule has 0 fully saturated rings. The van der Waals surface area contributed by atoms with Crippen LogP contribution in [-0.4, -0.2) is 25.8 Å². The number of benzene rings is 1. The fraction of sp³-hybridized carbons (Fsp3) is 0.308. The standard InChI is InChI=1S/C13H15BrF2N2O2/c1-8(2)7-20-4-3-17-13(19)18-12-10(15)5-9(14)6-11(12)16/h5-6H,1,3-4,7H2,2H3,(H2,17,18,19). The highest BCUT2D eigenvalue weighted by molar-refractivity contribution is 9.10. The van der Waals surface area contributed by atoms with E-state index in [9.17, 15) is 13.6 Å². The number of hydrogen-bond acceptors (Lipinski definition) is 2. The number of anilines is 1. The largest absolute Gasteiger partial charge is 0.375 e. The Balaban J connectivity index is 2.41. The third kappa shape index (κ3) is 5.66. The molecule has 0 aromatic heterocycles. The summed E-state index contributed by atoms with van der Waals surface area (Å²) in [6.07, 6.45) is 0. The Morgan fingerprint density at radius 1 is 1.40 bits per heavy atom. The van der Waals surface area contributed by atoms with Crippen LogP contribution in [0.25, 0.3) is 0 Å². The lowest BCUT2D eigenvalue weighted by molar-refractivity contribution is 0.159. The van der Waals surface area contributed by atoms with E-state index in [0.717, 1.165) is 17.7 Å². The monoisotopic (exact) mass is 348 g/mol. The summed E-state index contributed by atoms with van der Waals surface area (Å²) in [5, 5.41) is 4.54. The van der Waals surface area contributed by atoms with E-state index in [2.05, 4.69) is 33.1 Å². The van der Waals surface area contributed by atoms with Gasteiger partial charge in [0.25, 0.3) is 0 Å². The molecule has 20 heavy (non-hydrogen) atoms. The zero-order valence-corrected chi connectivity index (χ0v) is 12.5. The summed E-state index contributed by atoms with van der Waals surface area (Å²) in [4.78, 5) is 11.5. The van der Waals surface area contributed by atoms with E-state index in [4.69, 9.17) is 4.74 Å². The van der Waals surface area contributed by atoms with Crippen LogP contribution in [0.15, 0.2) is 28.8 Å². The molecule has 0 bridgehead atoms. The number of rotatable bonds is 6. The minimum absolute atomic E-state index is 0.221. The van der Waals surface area contributed by atoms with Crippen LogP contribution in [-0.2, 0) is 4.74 Å². The molecular formula is C13H15BrF2N2O2. The number of urea groups is 1. The Morgan fingerprint density at radius 3 is 2.55 bits per heavy atom. The summed E-state index contributed by atoms with van der Waals surface area (Å²) in [5.74, 6) is -1.71. The van der Waals surface area contributed by atoms with Gasteiger partial charge in [-0.1, -0.05) is 28.1 Å². The number of hydrogen-bond donors (Lipinski definition) is 2. The lowest BCUT2D eigenvalue weighted by Crippen LogP contribution is -2.32. The van der Waals surface area contributed by atoms with E-state index >= 15 is 0 Å². The molecule has 0 heterocycles. The van der Waals surface area contributed by atoms with Gasteiger partial charge in [0.15, 0.2) is 11.6 Å². The van der Waals surface area contributed by atoms with E-state index in [-0.39, 0.29) is 17.6 Å². The summed E-state index contributed by atoms with van der Waals surface area (Å²) < 4.78 is 32.3. The Kier molecular flexibility index (Phi) is 6.60. The second kappa shape index (κ2) is 7.96. The minimum Gasteiger partial charge on any atom is -0.375 e. The van der Waals surface area contributed by atoms with Crippen LogP contribution in [0.1, 0.15) is 6.92 Å². The van der Waals surface area contributed by atoms with Crippen LogP contribution in [0.3, 0.4) is 0 Å². The second-order valence-corrected chi connectivity index (χ2v) is 5.05. The van der Waals surface area contributed by atoms with E-state index in [0.29, 0.717) is 6.61 Å². The van der Waals surface area contributed by atoms with Crippen molar-refractivity contribution in [2.45, 2.75) is 6.92 Å². The maximum absolute atomic E-state index is 13.5. The first-order chi connectivity index (χ1) is 9.40. The number of halogens is 3. The van der Waals surface area contributed by atoms with Crippen molar-refractivity contribution in [2.75, 3.05) is 25.1 Å². The van der Waals surface area contributed by atoms with Crippen LogP contribution >= 0.6 is 15.9 Å². The maximum atomic E-state index is 13.5. The molecule has 2 N–H and O–H groups in total. The average molecular weight is 349 g/mol. The maximum Gasteiger partial charge on any atom is 0.319 e. The van der Waals surface area contributed by atoms with E-state index in [1.807, 2.05) is 6.92 Å². The lowest BCUT2D eigenvalue weighted by Gasteiger charge is -2.10. The molecule has 1 aromatic rings. The Morgan fingerprint density at radius 2 is 2.00 bits per heavy atom. The van der Waals surface area contributed by atoms with Crippen LogP contribution in [0, 0.1) is 11.6 Å². The van der Waals surface area contributed by atoms with E-state index in [1.54, 1.807) is 0 Å². The number of carbonyl (C=O) groups is 1. The fourth-order valence-corrected chi connectivity index (χ4v) is 1.70. The first kappa shape index (κ1) is 16.6. The van der Waals surface area contributed by atoms with E-state index < -0.39 is 23.4 Å². The molecule has 4 nitrogen and oxygen atoms in total. The summed E-state index contributed by atoms with van der Waals surface area (Å²) in [6, 6.07) is 1.42. The van der Waals surface area contributed by atoms with Gasteiger partial charge < -0.3 is 15.4 Å². The molecule has 0 aliphatic heterocycles. The first-order valence-electron chi connectivity index (χ1n) is 5.81. The summed E-state index contributed by atoms with van der Waals surface area (Å²) in [7, 11) is 0. The van der Waals surface area contributed by atoms with Crippen LogP contribution in [0.5, 0.6) is 0 Å². The van der Waals surface area contributed by atoms with Gasteiger partial charge in [-0.25, -0.2) is 13.6 Å². The van der Waals surface area contributed by atoms with Gasteiger partial charge in [-0.15, -0.1) is 0 Å². The van der Waals surface area contributed by atoms with Crippen LogP contribution < -0.4 is 10.6 Å². The first-order valence-corrected chi connectivity index (χ1v) is 6.61. The molecule has 0 aliphatic rings. The van der Waals surface area contributed by atoms with Gasteiger partial charge in [0, 0.05) is 11.0 Å². The van der Waals surface area contributed by atoms with Gasteiger partial charge in [0.2, 0.25) is 0 Å². The topological polar surface area (TPSA) is 50.4 Å². The molecule has 1 rings (SSSR count). The molecule has 0 saturated carbocycles. The summed E-state index contributed by atoms with van der Waals surface area (Å²) >= 11 is 2.95. The Labute approximate surface area is 124 Å². The van der Waals surface area contributed by atoms with Crippen molar-refractivity contribution >= 4 is 27.6 Å². The SMILES string of the molecule is C=C(C)COCCNC(=O)Nc1c(F)cc(Br)cc1F. The molecule has 0 spiro atoms. The van der Waals surface area contributed by atoms with Gasteiger partial charge >= 0.3 is 6.03 Å². The molecule has 2 amide bonds. The van der Waals surface area contributed by atoms with Crippen molar-refractivity contribution in [1.29, 1.82) is 0 Å². The Bertz CT molecular complexity index is 486. The van der Waals surface area contributed by atoms with Gasteiger partial charge in [0.1, 0.15) is 5.69 Å². The van der Waals surface area contributed by atoms with Gasteiger partial charge in [-0.05, 0) is 19.1 Å². The van der Waals surface area contributed by atoms with E-state index in [1.165, 1.54) is 0 Å². The number of ether oxygens (including phenoxy) is 1. The Hall–Kier alpha value is -1.47. The van der Waals surface area contributed by atoms with Crippen molar-refractivity contribution in [1.82, 2.24) is 5.32 Å². The zero-order valence-electron chi connectivity index (χ0n) is 10.9. The van der Waals surface area contributed by atoms with Crippen LogP contribution in [0.2, 0.25) is 0 Å². The molecule has 110 valence electrons. The van der Waals surface area contributed by atoms with Gasteiger partial charge in [0.05, 0.1) is 13.2 Å². The van der Waals surface area contributed by atoms with Crippen molar-refractivity contribution < 1.29 is 18.3 Å². The number of carbonyl (C=O) groups excluding carboxylic acids is 1. The lowest BCUT2D eigenvalue weighted by atomic mass is 10.3. The normalized spacial score (nSPS) is 10.2. The molecule has 0 saturated heterocycles. The molecule has 0 aliphatic carbocycles. The van der Waals surface area contributed by atoms with Gasteiger partial charge in [-0.3, -0.25) is 0 Å². The van der Waals surface area contributed by atoms with Crippen molar-refractivity contribution in [3.63, 3.8) is 0 Å². The highest BCUT2D eigenvalue weighted by Gasteiger charge is 2.13. The van der Waals surface area contributed by atoms with Crippen molar-refractivity contribution in [3.8, 4) is 0 Å². The fourth-order valence-electron chi connectivity index (χ4n) is 1.30. The average Bonchev–Trinajstić information content (AvgIpc) is 2.33. The molecule has 0 radical (unpaired) electrons. The number of amides is 2. The number of nitrogens with one attached hydrogen (secondary N) is 2.